The van der Waals surface area contributed by atoms with Gasteiger partial charge >= 0.3 is 0 Å². The molecule has 120 valence electrons. The smallest absolute Gasteiger partial charge is 0.232 e. The van der Waals surface area contributed by atoms with Gasteiger partial charge in [0, 0.05) is 19.3 Å². The Labute approximate surface area is 133 Å². The molecule has 0 radical (unpaired) electrons. The summed E-state index contributed by atoms with van der Waals surface area (Å²) in [6.45, 7) is 14.0. The van der Waals surface area contributed by atoms with Crippen LogP contribution >= 0.6 is 11.6 Å². The van der Waals surface area contributed by atoms with E-state index in [0.717, 1.165) is 38.3 Å². The molecule has 0 saturated carbocycles. The minimum Gasteiger partial charge on any atom is -0.475 e. The highest BCUT2D eigenvalue weighted by atomic mass is 35.5. The standard InChI is InChI=1S/C16H28ClN3O/c1-5-20(6-2)7-8-21-16-15(17)9-14(12-19-16)11-18-10-13(3)4/h9,12-13,18H,5-8,10-11H2,1-4H3. The molecule has 0 amide bonds. The van der Waals surface area contributed by atoms with E-state index in [2.05, 4.69) is 42.9 Å². The number of hydrogen-bond acceptors (Lipinski definition) is 4. The highest BCUT2D eigenvalue weighted by Gasteiger charge is 2.06. The lowest BCUT2D eigenvalue weighted by Crippen LogP contribution is -2.28. The number of ether oxygens (including phenoxy) is 1. The number of rotatable bonds is 10. The van der Waals surface area contributed by atoms with Gasteiger partial charge in [0.25, 0.3) is 0 Å². The van der Waals surface area contributed by atoms with E-state index >= 15 is 0 Å². The molecule has 0 aliphatic rings. The summed E-state index contributed by atoms with van der Waals surface area (Å²) in [5, 5.41) is 3.96. The van der Waals surface area contributed by atoms with Gasteiger partial charge < -0.3 is 15.0 Å². The number of likely N-dealkylation sites (N-methyl/N-ethyl adjacent to an activating group) is 1. The second-order valence-corrected chi connectivity index (χ2v) is 5.94. The van der Waals surface area contributed by atoms with Crippen LogP contribution < -0.4 is 10.1 Å². The molecule has 0 atom stereocenters. The second-order valence-electron chi connectivity index (χ2n) is 5.53. The maximum Gasteiger partial charge on any atom is 0.232 e. The molecule has 0 aliphatic heterocycles. The van der Waals surface area contributed by atoms with Crippen molar-refractivity contribution in [1.82, 2.24) is 15.2 Å². The molecule has 0 aliphatic carbocycles. The van der Waals surface area contributed by atoms with E-state index in [1.165, 1.54) is 0 Å². The van der Waals surface area contributed by atoms with Crippen LogP contribution in [0.4, 0.5) is 0 Å². The first kappa shape index (κ1) is 18.2. The van der Waals surface area contributed by atoms with Crippen molar-refractivity contribution in [2.75, 3.05) is 32.8 Å². The molecule has 0 spiro atoms. The molecule has 21 heavy (non-hydrogen) atoms. The van der Waals surface area contributed by atoms with Crippen LogP contribution in [0.25, 0.3) is 0 Å². The number of nitrogens with zero attached hydrogens (tertiary/aromatic N) is 2. The Morgan fingerprint density at radius 3 is 2.62 bits per heavy atom. The minimum absolute atomic E-state index is 0.524. The molecule has 1 aromatic rings. The van der Waals surface area contributed by atoms with Crippen LogP contribution in [0.1, 0.15) is 33.3 Å². The van der Waals surface area contributed by atoms with Crippen molar-refractivity contribution in [1.29, 1.82) is 0 Å². The summed E-state index contributed by atoms with van der Waals surface area (Å²) in [4.78, 5) is 6.62. The Hall–Kier alpha value is -0.840. The summed E-state index contributed by atoms with van der Waals surface area (Å²) >= 11 is 6.23. The SMILES string of the molecule is CCN(CC)CCOc1ncc(CNCC(C)C)cc1Cl. The fraction of sp³-hybridized carbons (Fsp3) is 0.688. The Kier molecular flexibility index (Phi) is 8.66. The van der Waals surface area contributed by atoms with Gasteiger partial charge in [-0.1, -0.05) is 39.3 Å². The van der Waals surface area contributed by atoms with Gasteiger partial charge in [0.15, 0.2) is 0 Å². The average Bonchev–Trinajstić information content (AvgIpc) is 2.45. The fourth-order valence-electron chi connectivity index (χ4n) is 1.98. The van der Waals surface area contributed by atoms with E-state index in [4.69, 9.17) is 16.3 Å². The molecule has 1 heterocycles. The molecular weight excluding hydrogens is 286 g/mol. The van der Waals surface area contributed by atoms with Crippen LogP contribution in [-0.2, 0) is 6.54 Å². The van der Waals surface area contributed by atoms with Crippen molar-refractivity contribution in [3.8, 4) is 5.88 Å². The summed E-state index contributed by atoms with van der Waals surface area (Å²) in [7, 11) is 0. The Morgan fingerprint density at radius 1 is 1.33 bits per heavy atom. The third kappa shape index (κ3) is 7.11. The van der Waals surface area contributed by atoms with E-state index < -0.39 is 0 Å². The maximum absolute atomic E-state index is 6.23. The zero-order valence-electron chi connectivity index (χ0n) is 13.7. The number of nitrogens with one attached hydrogen (secondary N) is 1. The lowest BCUT2D eigenvalue weighted by Gasteiger charge is -2.18. The number of aromatic nitrogens is 1. The predicted molar refractivity (Wildman–Crippen MR) is 89.1 cm³/mol. The molecule has 0 aromatic carbocycles. The molecule has 0 fully saturated rings. The van der Waals surface area contributed by atoms with Gasteiger partial charge in [0.2, 0.25) is 5.88 Å². The highest BCUT2D eigenvalue weighted by Crippen LogP contribution is 2.22. The average molecular weight is 314 g/mol. The van der Waals surface area contributed by atoms with E-state index in [1.807, 2.05) is 12.3 Å². The first-order chi connectivity index (χ1) is 10.1. The van der Waals surface area contributed by atoms with Crippen LogP contribution in [0.5, 0.6) is 5.88 Å². The first-order valence-corrected chi connectivity index (χ1v) is 8.14. The number of halogens is 1. The van der Waals surface area contributed by atoms with Gasteiger partial charge in [-0.15, -0.1) is 0 Å². The van der Waals surface area contributed by atoms with Gasteiger partial charge in [0.05, 0.1) is 0 Å². The Morgan fingerprint density at radius 2 is 2.05 bits per heavy atom. The monoisotopic (exact) mass is 313 g/mol. The van der Waals surface area contributed by atoms with Crippen molar-refractivity contribution in [2.24, 2.45) is 5.92 Å². The molecule has 0 bridgehead atoms. The van der Waals surface area contributed by atoms with Crippen molar-refractivity contribution in [3.05, 3.63) is 22.8 Å². The summed E-state index contributed by atoms with van der Waals surface area (Å²) in [6, 6.07) is 1.93. The van der Waals surface area contributed by atoms with Crippen LogP contribution in [0.3, 0.4) is 0 Å². The Bertz CT molecular complexity index is 409. The molecule has 0 saturated heterocycles. The molecule has 5 heteroatoms. The van der Waals surface area contributed by atoms with Crippen LogP contribution in [0, 0.1) is 5.92 Å². The van der Waals surface area contributed by atoms with Gasteiger partial charge in [-0.05, 0) is 37.2 Å². The van der Waals surface area contributed by atoms with Gasteiger partial charge in [-0.2, -0.15) is 0 Å². The van der Waals surface area contributed by atoms with Crippen LogP contribution in [0.15, 0.2) is 12.3 Å². The van der Waals surface area contributed by atoms with Crippen molar-refractivity contribution < 1.29 is 4.74 Å². The lowest BCUT2D eigenvalue weighted by atomic mass is 10.2. The summed E-state index contributed by atoms with van der Waals surface area (Å²) in [6.07, 6.45) is 1.83. The summed E-state index contributed by atoms with van der Waals surface area (Å²) in [5.74, 6) is 1.16. The molecule has 4 nitrogen and oxygen atoms in total. The van der Waals surface area contributed by atoms with Gasteiger partial charge in [0.1, 0.15) is 11.6 Å². The maximum atomic E-state index is 6.23. The topological polar surface area (TPSA) is 37.4 Å². The van der Waals surface area contributed by atoms with Crippen LogP contribution in [-0.4, -0.2) is 42.7 Å². The summed E-state index contributed by atoms with van der Waals surface area (Å²) in [5.41, 5.74) is 1.08. The van der Waals surface area contributed by atoms with Crippen molar-refractivity contribution in [3.63, 3.8) is 0 Å². The van der Waals surface area contributed by atoms with E-state index in [9.17, 15) is 0 Å². The van der Waals surface area contributed by atoms with E-state index in [0.29, 0.717) is 23.4 Å². The minimum atomic E-state index is 0.524. The molecular formula is C16H28ClN3O. The van der Waals surface area contributed by atoms with Gasteiger partial charge in [-0.25, -0.2) is 4.98 Å². The first-order valence-electron chi connectivity index (χ1n) is 7.77. The second kappa shape index (κ2) is 9.98. The zero-order chi connectivity index (χ0) is 15.7. The predicted octanol–water partition coefficient (Wildman–Crippen LogP) is 3.20. The largest absolute Gasteiger partial charge is 0.475 e. The fourth-order valence-corrected chi connectivity index (χ4v) is 2.23. The lowest BCUT2D eigenvalue weighted by molar-refractivity contribution is 0.218. The van der Waals surface area contributed by atoms with Gasteiger partial charge in [-0.3, -0.25) is 0 Å². The van der Waals surface area contributed by atoms with Crippen molar-refractivity contribution >= 4 is 11.6 Å². The number of pyridine rings is 1. The zero-order valence-corrected chi connectivity index (χ0v) is 14.4. The van der Waals surface area contributed by atoms with Crippen LogP contribution in [0.2, 0.25) is 5.02 Å². The molecule has 1 rings (SSSR count). The third-order valence-corrected chi connectivity index (χ3v) is 3.56. The Balaban J connectivity index is 2.43. The normalized spacial score (nSPS) is 11.4. The summed E-state index contributed by atoms with van der Waals surface area (Å²) < 4.78 is 5.66. The number of hydrogen-bond donors (Lipinski definition) is 1. The molecule has 0 unspecified atom stereocenters. The third-order valence-electron chi connectivity index (χ3n) is 3.29. The van der Waals surface area contributed by atoms with E-state index in [-0.39, 0.29) is 0 Å². The van der Waals surface area contributed by atoms with Crippen molar-refractivity contribution in [2.45, 2.75) is 34.2 Å². The highest BCUT2D eigenvalue weighted by molar-refractivity contribution is 6.31. The molecule has 1 aromatic heterocycles. The van der Waals surface area contributed by atoms with E-state index in [1.54, 1.807) is 0 Å². The quantitative estimate of drug-likeness (QED) is 0.720. The molecule has 1 N–H and O–H groups in total.